The molecule has 0 radical (unpaired) electrons. The van der Waals surface area contributed by atoms with E-state index in [1.165, 1.54) is 11.3 Å². The number of amides is 4. The molecule has 49 heavy (non-hydrogen) atoms. The lowest BCUT2D eigenvalue weighted by molar-refractivity contribution is -0.120. The first kappa shape index (κ1) is 33.7. The minimum Gasteiger partial charge on any atom is -0.359 e. The molecule has 3 N–H and O–H groups in total. The maximum atomic E-state index is 13.4. The fourth-order valence-electron chi connectivity index (χ4n) is 6.84. The van der Waals surface area contributed by atoms with Crippen LogP contribution in [-0.4, -0.2) is 65.7 Å². The molecule has 0 bridgehead atoms. The first-order chi connectivity index (χ1) is 23.7. The van der Waals surface area contributed by atoms with Crippen molar-refractivity contribution in [3.05, 3.63) is 124 Å². The van der Waals surface area contributed by atoms with Crippen LogP contribution in [0.25, 0.3) is 0 Å². The van der Waals surface area contributed by atoms with Gasteiger partial charge in [-0.25, -0.2) is 0 Å². The van der Waals surface area contributed by atoms with Crippen molar-refractivity contribution in [3.63, 3.8) is 0 Å². The van der Waals surface area contributed by atoms with E-state index in [0.29, 0.717) is 41.9 Å². The smallest absolute Gasteiger partial charge is 0.268 e. The summed E-state index contributed by atoms with van der Waals surface area (Å²) in [7, 11) is 5.14. The highest BCUT2D eigenvalue weighted by Gasteiger charge is 2.48. The Labute approximate surface area is 287 Å². The average Bonchev–Trinajstić information content (AvgIpc) is 3.54. The second kappa shape index (κ2) is 14.5. The third kappa shape index (κ3) is 7.29. The Bertz CT molecular complexity index is 1820. The molecule has 1 aliphatic heterocycles. The third-order valence-corrected chi connectivity index (χ3v) is 9.85. The van der Waals surface area contributed by atoms with Crippen LogP contribution in [0, 0.1) is 0 Å². The lowest BCUT2D eigenvalue weighted by atomic mass is 9.71. The van der Waals surface area contributed by atoms with Crippen LogP contribution in [0.3, 0.4) is 0 Å². The fourth-order valence-corrected chi connectivity index (χ4v) is 6.84. The van der Waals surface area contributed by atoms with Crippen LogP contribution in [0.4, 0.5) is 5.69 Å². The van der Waals surface area contributed by atoms with Crippen LogP contribution in [0.1, 0.15) is 79.3 Å². The van der Waals surface area contributed by atoms with E-state index in [4.69, 9.17) is 0 Å². The summed E-state index contributed by atoms with van der Waals surface area (Å²) in [5, 5.41) is 8.62. The van der Waals surface area contributed by atoms with Crippen molar-refractivity contribution in [2.75, 3.05) is 33.0 Å². The van der Waals surface area contributed by atoms with Crippen molar-refractivity contribution in [3.8, 4) is 0 Å². The average molecular weight is 661 g/mol. The normalized spacial score (nSPS) is 14.8. The molecule has 254 valence electrons. The van der Waals surface area contributed by atoms with Crippen molar-refractivity contribution in [2.24, 2.45) is 0 Å². The van der Waals surface area contributed by atoms with Crippen LogP contribution >= 0.6 is 0 Å². The molecule has 1 spiro atoms. The van der Waals surface area contributed by atoms with Crippen molar-refractivity contribution < 1.29 is 19.2 Å². The van der Waals surface area contributed by atoms with Gasteiger partial charge >= 0.3 is 0 Å². The molecule has 10 heteroatoms. The largest absolute Gasteiger partial charge is 0.359 e. The molecule has 4 aromatic rings. The maximum Gasteiger partial charge on any atom is 0.268 e. The highest BCUT2D eigenvalue weighted by Crippen LogP contribution is 2.49. The minimum absolute atomic E-state index is 0.000206. The van der Waals surface area contributed by atoms with Crippen LogP contribution in [0.2, 0.25) is 0 Å². The summed E-state index contributed by atoms with van der Waals surface area (Å²) in [5.74, 6) is -0.334. The van der Waals surface area contributed by atoms with Crippen molar-refractivity contribution in [1.29, 1.82) is 0 Å². The van der Waals surface area contributed by atoms with Gasteiger partial charge in [-0.05, 0) is 90.9 Å². The zero-order valence-corrected chi connectivity index (χ0v) is 28.4. The molecule has 3 aromatic carbocycles. The number of fused-ring (bicyclic) bond motifs is 2. The molecule has 0 saturated heterocycles. The van der Waals surface area contributed by atoms with Crippen LogP contribution < -0.4 is 16.0 Å². The van der Waals surface area contributed by atoms with Crippen LogP contribution in [0.5, 0.6) is 0 Å². The first-order valence-electron chi connectivity index (χ1n) is 16.9. The minimum atomic E-state index is -0.214. The number of hydrogen-bond acceptors (Lipinski definition) is 5. The quantitative estimate of drug-likeness (QED) is 0.211. The number of aryl methyl sites for hydroxylation is 1. The molecule has 4 amide bonds. The molecule has 6 rings (SSSR count). The number of hydrogen-bond donors (Lipinski definition) is 3. The summed E-state index contributed by atoms with van der Waals surface area (Å²) in [6, 6.07) is 26.7. The number of nitrogens with zero attached hydrogens (tertiary/aromatic N) is 3. The van der Waals surface area contributed by atoms with Gasteiger partial charge in [-0.15, -0.1) is 0 Å². The summed E-state index contributed by atoms with van der Waals surface area (Å²) < 4.78 is 2.19. The molecule has 1 saturated carbocycles. The van der Waals surface area contributed by atoms with E-state index in [1.807, 2.05) is 66.7 Å². The number of benzene rings is 3. The van der Waals surface area contributed by atoms with E-state index in [0.717, 1.165) is 50.0 Å². The second-order valence-corrected chi connectivity index (χ2v) is 13.2. The zero-order valence-electron chi connectivity index (χ0n) is 28.4. The van der Waals surface area contributed by atoms with E-state index in [2.05, 4.69) is 31.5 Å². The third-order valence-electron chi connectivity index (χ3n) is 9.85. The van der Waals surface area contributed by atoms with Gasteiger partial charge in [0.1, 0.15) is 5.69 Å². The summed E-state index contributed by atoms with van der Waals surface area (Å²) in [5.41, 5.74) is 6.79. The molecule has 1 aromatic heterocycles. The predicted molar refractivity (Wildman–Crippen MR) is 189 cm³/mol. The number of anilines is 1. The van der Waals surface area contributed by atoms with Gasteiger partial charge in [0, 0.05) is 76.3 Å². The van der Waals surface area contributed by atoms with Gasteiger partial charge < -0.3 is 25.4 Å². The van der Waals surface area contributed by atoms with E-state index < -0.39 is 0 Å². The molecule has 1 aliphatic carbocycles. The van der Waals surface area contributed by atoms with Gasteiger partial charge in [0.05, 0.1) is 5.54 Å². The second-order valence-electron chi connectivity index (χ2n) is 13.2. The topological polar surface area (TPSA) is 116 Å². The number of aromatic nitrogens is 1. The van der Waals surface area contributed by atoms with Crippen molar-refractivity contribution in [1.82, 2.24) is 25.0 Å². The lowest BCUT2D eigenvalue weighted by Crippen LogP contribution is -2.56. The Morgan fingerprint density at radius 2 is 1.41 bits per heavy atom. The van der Waals surface area contributed by atoms with Crippen LogP contribution in [0.15, 0.2) is 84.9 Å². The molecular formula is C39H44N6O4. The monoisotopic (exact) mass is 660 g/mol. The highest BCUT2D eigenvalue weighted by atomic mass is 16.2. The van der Waals surface area contributed by atoms with Gasteiger partial charge in [0.25, 0.3) is 17.7 Å². The summed E-state index contributed by atoms with van der Waals surface area (Å²) >= 11 is 0. The Morgan fingerprint density at radius 3 is 2.04 bits per heavy atom. The maximum absolute atomic E-state index is 13.4. The van der Waals surface area contributed by atoms with Gasteiger partial charge in [-0.1, -0.05) is 36.4 Å². The lowest BCUT2D eigenvalue weighted by Gasteiger charge is -2.53. The summed E-state index contributed by atoms with van der Waals surface area (Å²) in [6.45, 7) is 2.74. The summed E-state index contributed by atoms with van der Waals surface area (Å²) in [4.78, 5) is 54.1. The summed E-state index contributed by atoms with van der Waals surface area (Å²) in [6.07, 6.45) is 4.29. The Morgan fingerprint density at radius 1 is 0.755 bits per heavy atom. The first-order valence-corrected chi connectivity index (χ1v) is 16.9. The van der Waals surface area contributed by atoms with E-state index >= 15 is 0 Å². The predicted octanol–water partition coefficient (Wildman–Crippen LogP) is 4.95. The van der Waals surface area contributed by atoms with Crippen molar-refractivity contribution in [2.45, 2.75) is 57.3 Å². The molecule has 2 heterocycles. The zero-order chi connectivity index (χ0) is 34.5. The molecule has 2 aliphatic rings. The number of carbonyl (C=O) groups is 4. The standard InChI is InChI=1S/C39H44N6O4/c1-40-35(46)20-11-27-5-12-30(13-6-27)36(47)42-32-16-9-28(10-17-32)25-41-37(48)33-18-19-34-39(21-4-22-39)44(23-24-45(33)34)26-29-7-14-31(15-8-29)38(49)43(2)3/h5-10,12-19H,4,11,20-26H2,1-3H3,(H,40,46)(H,41,48)(H,42,47). The number of carbonyl (C=O) groups excluding carboxylic acids is 4. The Kier molecular flexibility index (Phi) is 9.96. The van der Waals surface area contributed by atoms with Crippen molar-refractivity contribution >= 4 is 29.3 Å². The Balaban J connectivity index is 1.03. The fraction of sp³-hybridized carbons (Fsp3) is 0.333. The highest BCUT2D eigenvalue weighted by molar-refractivity contribution is 6.04. The number of rotatable bonds is 11. The van der Waals surface area contributed by atoms with E-state index in [9.17, 15) is 19.2 Å². The molecule has 1 fully saturated rings. The SMILES string of the molecule is CNC(=O)CCc1ccc(C(=O)Nc2ccc(CNC(=O)c3ccc4n3CCN(Cc3ccc(C(=O)N(C)C)cc3)C43CCC3)cc2)cc1. The molecule has 0 atom stereocenters. The van der Waals surface area contributed by atoms with Gasteiger partial charge in [0.15, 0.2) is 0 Å². The Hall–Kier alpha value is -5.22. The van der Waals surface area contributed by atoms with Gasteiger partial charge in [-0.3, -0.25) is 24.1 Å². The van der Waals surface area contributed by atoms with E-state index in [1.54, 1.807) is 38.2 Å². The van der Waals surface area contributed by atoms with E-state index in [-0.39, 0.29) is 29.2 Å². The van der Waals surface area contributed by atoms with Gasteiger partial charge in [-0.2, -0.15) is 0 Å². The van der Waals surface area contributed by atoms with Gasteiger partial charge in [0.2, 0.25) is 5.91 Å². The molecular weight excluding hydrogens is 616 g/mol. The molecule has 10 nitrogen and oxygen atoms in total. The molecule has 0 unspecified atom stereocenters. The van der Waals surface area contributed by atoms with Crippen LogP contribution in [-0.2, 0) is 36.4 Å². The number of nitrogens with one attached hydrogen (secondary N) is 3.